The molecule has 1 aromatic rings. The van der Waals surface area contributed by atoms with Gasteiger partial charge in [-0.2, -0.15) is 0 Å². The molecular weight excluding hydrogens is 245 g/mol. The van der Waals surface area contributed by atoms with Crippen LogP contribution in [-0.2, 0) is 11.2 Å². The van der Waals surface area contributed by atoms with Gasteiger partial charge >= 0.3 is 0 Å². The first kappa shape index (κ1) is 12.6. The normalized spacial score (nSPS) is 23.9. The van der Waals surface area contributed by atoms with Crippen LogP contribution in [0.1, 0.15) is 18.4 Å². The number of likely N-dealkylation sites (tertiary alicyclic amines) is 1. The van der Waals surface area contributed by atoms with Gasteiger partial charge in [0.15, 0.2) is 0 Å². The molecule has 0 radical (unpaired) electrons. The molecule has 0 saturated carbocycles. The highest BCUT2D eigenvalue weighted by Crippen LogP contribution is 2.30. The lowest BCUT2D eigenvalue weighted by molar-refractivity contribution is -0.112. The molecule has 0 amide bonds. The first-order valence-corrected chi connectivity index (χ1v) is 6.87. The summed E-state index contributed by atoms with van der Waals surface area (Å²) in [5.74, 6) is 0.844. The molecule has 1 unspecified atom stereocenters. The summed E-state index contributed by atoms with van der Waals surface area (Å²) >= 11 is 0. The Bertz CT molecular complexity index is 469. The Balaban J connectivity index is 1.55. The number of hydrogen-bond donors (Lipinski definition) is 0. The zero-order chi connectivity index (χ0) is 13.2. The maximum atomic E-state index is 13.1. The molecule has 0 spiro atoms. The smallest absolute Gasteiger partial charge is 0.123 e. The third-order valence-corrected chi connectivity index (χ3v) is 4.05. The number of aldehydes is 1. The van der Waals surface area contributed by atoms with Crippen molar-refractivity contribution in [1.29, 1.82) is 0 Å². The van der Waals surface area contributed by atoms with E-state index in [1.807, 2.05) is 0 Å². The fourth-order valence-corrected chi connectivity index (χ4v) is 2.95. The van der Waals surface area contributed by atoms with Gasteiger partial charge in [0.25, 0.3) is 0 Å². The fourth-order valence-electron chi connectivity index (χ4n) is 2.95. The maximum Gasteiger partial charge on any atom is 0.123 e. The van der Waals surface area contributed by atoms with E-state index in [0.29, 0.717) is 0 Å². The summed E-state index contributed by atoms with van der Waals surface area (Å²) in [6.45, 7) is 2.77. The molecule has 1 fully saturated rings. The van der Waals surface area contributed by atoms with Gasteiger partial charge in [-0.15, -0.1) is 0 Å². The number of carbonyl (C=O) groups excluding carboxylic acids is 1. The van der Waals surface area contributed by atoms with Crippen molar-refractivity contribution in [2.75, 3.05) is 19.6 Å². The lowest BCUT2D eigenvalue weighted by atomic mass is 9.98. The van der Waals surface area contributed by atoms with Crippen LogP contribution in [0, 0.1) is 11.7 Å². The number of rotatable bonds is 3. The number of halogens is 1. The van der Waals surface area contributed by atoms with Gasteiger partial charge < -0.3 is 9.53 Å². The minimum absolute atomic E-state index is 0.115. The molecule has 2 heterocycles. The van der Waals surface area contributed by atoms with Crippen molar-refractivity contribution in [2.24, 2.45) is 5.92 Å². The van der Waals surface area contributed by atoms with Crippen LogP contribution in [0.25, 0.3) is 0 Å². The average Bonchev–Trinajstić information content (AvgIpc) is 2.81. The van der Waals surface area contributed by atoms with Gasteiger partial charge in [-0.3, -0.25) is 4.90 Å². The van der Waals surface area contributed by atoms with Crippen molar-refractivity contribution in [1.82, 2.24) is 4.90 Å². The van der Waals surface area contributed by atoms with Crippen LogP contribution in [0.4, 0.5) is 4.39 Å². The van der Waals surface area contributed by atoms with Gasteiger partial charge in [0, 0.05) is 24.4 Å². The van der Waals surface area contributed by atoms with Crippen LogP contribution in [-0.4, -0.2) is 36.9 Å². The Labute approximate surface area is 112 Å². The summed E-state index contributed by atoms with van der Waals surface area (Å²) in [4.78, 5) is 13.1. The van der Waals surface area contributed by atoms with Gasteiger partial charge in [0.05, 0.1) is 0 Å². The monoisotopic (exact) mass is 263 g/mol. The molecular formula is C15H18FNO2. The Hall–Kier alpha value is -1.42. The SMILES string of the molecule is O=CC1CCN(CC2Cc3cc(F)ccc3O2)CC1. The molecule has 102 valence electrons. The highest BCUT2D eigenvalue weighted by atomic mass is 19.1. The number of benzene rings is 1. The van der Waals surface area contributed by atoms with E-state index < -0.39 is 0 Å². The van der Waals surface area contributed by atoms with E-state index in [2.05, 4.69) is 4.90 Å². The van der Waals surface area contributed by atoms with Crippen LogP contribution in [0.2, 0.25) is 0 Å². The average molecular weight is 263 g/mol. The molecule has 19 heavy (non-hydrogen) atoms. The summed E-state index contributed by atoms with van der Waals surface area (Å²) in [5, 5.41) is 0. The molecule has 2 aliphatic rings. The largest absolute Gasteiger partial charge is 0.488 e. The summed E-state index contributed by atoms with van der Waals surface area (Å²) in [6, 6.07) is 4.72. The molecule has 4 heteroatoms. The third-order valence-electron chi connectivity index (χ3n) is 4.05. The number of piperidine rings is 1. The second-order valence-corrected chi connectivity index (χ2v) is 5.47. The first-order chi connectivity index (χ1) is 9.24. The molecule has 1 aromatic carbocycles. The van der Waals surface area contributed by atoms with Crippen LogP contribution in [0.3, 0.4) is 0 Å². The molecule has 3 rings (SSSR count). The van der Waals surface area contributed by atoms with Crippen molar-refractivity contribution in [3.63, 3.8) is 0 Å². The van der Waals surface area contributed by atoms with E-state index in [0.717, 1.165) is 56.5 Å². The van der Waals surface area contributed by atoms with Gasteiger partial charge in [-0.25, -0.2) is 4.39 Å². The topological polar surface area (TPSA) is 29.5 Å². The summed E-state index contributed by atoms with van der Waals surface area (Å²) in [6.07, 6.45) is 3.85. The van der Waals surface area contributed by atoms with Gasteiger partial charge in [-0.1, -0.05) is 0 Å². The zero-order valence-corrected chi connectivity index (χ0v) is 10.8. The quantitative estimate of drug-likeness (QED) is 0.782. The number of hydrogen-bond acceptors (Lipinski definition) is 3. The zero-order valence-electron chi connectivity index (χ0n) is 10.8. The second-order valence-electron chi connectivity index (χ2n) is 5.47. The Morgan fingerprint density at radius 1 is 1.37 bits per heavy atom. The summed E-state index contributed by atoms with van der Waals surface area (Å²) in [5.41, 5.74) is 0.966. The van der Waals surface area contributed by atoms with E-state index in [9.17, 15) is 9.18 Å². The van der Waals surface area contributed by atoms with E-state index in [4.69, 9.17) is 4.74 Å². The third kappa shape index (κ3) is 2.78. The van der Waals surface area contributed by atoms with Crippen LogP contribution >= 0.6 is 0 Å². The van der Waals surface area contributed by atoms with Gasteiger partial charge in [-0.05, 0) is 44.1 Å². The molecule has 3 nitrogen and oxygen atoms in total. The van der Waals surface area contributed by atoms with Gasteiger partial charge in [0.2, 0.25) is 0 Å². The predicted octanol–water partition coefficient (Wildman–Crippen LogP) is 2.04. The summed E-state index contributed by atoms with van der Waals surface area (Å²) in [7, 11) is 0. The van der Waals surface area contributed by atoms with Crippen molar-refractivity contribution in [3.8, 4) is 5.75 Å². The molecule has 2 aliphatic heterocycles. The number of nitrogens with zero attached hydrogens (tertiary/aromatic N) is 1. The number of fused-ring (bicyclic) bond motifs is 1. The predicted molar refractivity (Wildman–Crippen MR) is 69.7 cm³/mol. The van der Waals surface area contributed by atoms with E-state index in [-0.39, 0.29) is 17.8 Å². The molecule has 0 aromatic heterocycles. The second kappa shape index (κ2) is 5.29. The Kier molecular flexibility index (Phi) is 3.51. The number of carbonyl (C=O) groups is 1. The standard InChI is InChI=1S/C15H18FNO2/c16-13-1-2-15-12(7-13)8-14(19-15)9-17-5-3-11(10-18)4-6-17/h1-2,7,10-11,14H,3-6,8-9H2. The lowest BCUT2D eigenvalue weighted by Gasteiger charge is -2.31. The Morgan fingerprint density at radius 3 is 2.89 bits per heavy atom. The van der Waals surface area contributed by atoms with E-state index in [1.165, 1.54) is 6.07 Å². The molecule has 0 N–H and O–H groups in total. The molecule has 0 aliphatic carbocycles. The van der Waals surface area contributed by atoms with Crippen molar-refractivity contribution < 1.29 is 13.9 Å². The van der Waals surface area contributed by atoms with Crippen LogP contribution in [0.5, 0.6) is 5.75 Å². The van der Waals surface area contributed by atoms with Crippen molar-refractivity contribution in [2.45, 2.75) is 25.4 Å². The molecule has 0 bridgehead atoms. The lowest BCUT2D eigenvalue weighted by Crippen LogP contribution is -2.40. The fraction of sp³-hybridized carbons (Fsp3) is 0.533. The minimum Gasteiger partial charge on any atom is -0.488 e. The molecule has 1 saturated heterocycles. The number of ether oxygens (including phenoxy) is 1. The summed E-state index contributed by atoms with van der Waals surface area (Å²) < 4.78 is 19.0. The Morgan fingerprint density at radius 2 is 2.16 bits per heavy atom. The van der Waals surface area contributed by atoms with Crippen molar-refractivity contribution >= 4 is 6.29 Å². The first-order valence-electron chi connectivity index (χ1n) is 6.87. The van der Waals surface area contributed by atoms with Gasteiger partial charge in [0.1, 0.15) is 24.0 Å². The van der Waals surface area contributed by atoms with E-state index in [1.54, 1.807) is 12.1 Å². The minimum atomic E-state index is -0.199. The molecule has 1 atom stereocenters. The highest BCUT2D eigenvalue weighted by molar-refractivity contribution is 5.53. The highest BCUT2D eigenvalue weighted by Gasteiger charge is 2.27. The maximum absolute atomic E-state index is 13.1. The van der Waals surface area contributed by atoms with E-state index >= 15 is 0 Å². The van der Waals surface area contributed by atoms with Crippen LogP contribution < -0.4 is 4.74 Å². The van der Waals surface area contributed by atoms with Crippen molar-refractivity contribution in [3.05, 3.63) is 29.6 Å². The van der Waals surface area contributed by atoms with Crippen LogP contribution in [0.15, 0.2) is 18.2 Å².